The van der Waals surface area contributed by atoms with Gasteiger partial charge in [-0.3, -0.25) is 4.79 Å². The van der Waals surface area contributed by atoms with Crippen LogP contribution in [-0.2, 0) is 0 Å². The van der Waals surface area contributed by atoms with Crippen molar-refractivity contribution in [2.45, 2.75) is 26.1 Å². The number of aryl methyl sites for hydroxylation is 1. The quantitative estimate of drug-likeness (QED) is 0.684. The Labute approximate surface area is 166 Å². The van der Waals surface area contributed by atoms with Crippen LogP contribution >= 0.6 is 0 Å². The van der Waals surface area contributed by atoms with Gasteiger partial charge in [-0.25, -0.2) is 4.98 Å². The number of hydrogen-bond donors (Lipinski definition) is 2. The van der Waals surface area contributed by atoms with Gasteiger partial charge in [0, 0.05) is 43.5 Å². The SMILES string of the molecule is Cc1cc(N2CCCC2)nc(NCCNC(=O)c2cccc(OC(F)(F)F)c2)n1. The summed E-state index contributed by atoms with van der Waals surface area (Å²) in [6.45, 7) is 4.46. The number of amides is 1. The van der Waals surface area contributed by atoms with Crippen LogP contribution in [0.3, 0.4) is 0 Å². The van der Waals surface area contributed by atoms with Crippen molar-refractivity contribution in [1.29, 1.82) is 0 Å². The monoisotopic (exact) mass is 409 g/mol. The first kappa shape index (κ1) is 20.7. The standard InChI is InChI=1S/C19H22F3N5O2/c1-13-11-16(27-9-2-3-10-27)26-18(25-13)24-8-7-23-17(28)14-5-4-6-15(12-14)29-19(20,21)22/h4-6,11-12H,2-3,7-10H2,1H3,(H,23,28)(H,24,25,26). The largest absolute Gasteiger partial charge is 0.573 e. The van der Waals surface area contributed by atoms with Gasteiger partial charge >= 0.3 is 6.36 Å². The Hall–Kier alpha value is -3.04. The van der Waals surface area contributed by atoms with Crippen LogP contribution in [0.15, 0.2) is 30.3 Å². The van der Waals surface area contributed by atoms with Gasteiger partial charge in [0.2, 0.25) is 5.95 Å². The average molecular weight is 409 g/mol. The molecule has 1 saturated heterocycles. The topological polar surface area (TPSA) is 79.4 Å². The molecule has 1 aliphatic heterocycles. The first-order valence-corrected chi connectivity index (χ1v) is 9.29. The number of benzene rings is 1. The van der Waals surface area contributed by atoms with Gasteiger partial charge in [0.25, 0.3) is 5.91 Å². The van der Waals surface area contributed by atoms with Crippen LogP contribution in [0.25, 0.3) is 0 Å². The summed E-state index contributed by atoms with van der Waals surface area (Å²) in [6, 6.07) is 6.86. The highest BCUT2D eigenvalue weighted by atomic mass is 19.4. The van der Waals surface area contributed by atoms with Crippen molar-refractivity contribution in [3.63, 3.8) is 0 Å². The first-order chi connectivity index (χ1) is 13.8. The van der Waals surface area contributed by atoms with E-state index in [-0.39, 0.29) is 12.1 Å². The van der Waals surface area contributed by atoms with Crippen molar-refractivity contribution in [1.82, 2.24) is 15.3 Å². The third kappa shape index (κ3) is 6.23. The van der Waals surface area contributed by atoms with E-state index in [1.807, 2.05) is 13.0 Å². The highest BCUT2D eigenvalue weighted by molar-refractivity contribution is 5.94. The van der Waals surface area contributed by atoms with Crippen molar-refractivity contribution < 1.29 is 22.7 Å². The van der Waals surface area contributed by atoms with Gasteiger partial charge in [0.1, 0.15) is 11.6 Å². The van der Waals surface area contributed by atoms with Crippen molar-refractivity contribution in [2.75, 3.05) is 36.4 Å². The molecule has 10 heteroatoms. The second-order valence-electron chi connectivity index (χ2n) is 6.64. The number of anilines is 2. The second-order valence-corrected chi connectivity index (χ2v) is 6.64. The average Bonchev–Trinajstić information content (AvgIpc) is 3.18. The summed E-state index contributed by atoms with van der Waals surface area (Å²) in [6.07, 6.45) is -2.51. The van der Waals surface area contributed by atoms with E-state index in [0.29, 0.717) is 12.5 Å². The molecule has 0 radical (unpaired) electrons. The van der Waals surface area contributed by atoms with E-state index in [9.17, 15) is 18.0 Å². The highest BCUT2D eigenvalue weighted by Gasteiger charge is 2.31. The van der Waals surface area contributed by atoms with Crippen LogP contribution in [0, 0.1) is 6.92 Å². The molecule has 2 N–H and O–H groups in total. The van der Waals surface area contributed by atoms with Gasteiger partial charge in [0.05, 0.1) is 0 Å². The molecule has 1 fully saturated rings. The highest BCUT2D eigenvalue weighted by Crippen LogP contribution is 2.23. The maximum Gasteiger partial charge on any atom is 0.573 e. The lowest BCUT2D eigenvalue weighted by molar-refractivity contribution is -0.274. The van der Waals surface area contributed by atoms with Crippen molar-refractivity contribution >= 4 is 17.7 Å². The second kappa shape index (κ2) is 8.97. The molecule has 0 saturated carbocycles. The van der Waals surface area contributed by atoms with E-state index < -0.39 is 18.0 Å². The maximum atomic E-state index is 12.3. The summed E-state index contributed by atoms with van der Waals surface area (Å²) in [5.41, 5.74) is 0.921. The fourth-order valence-electron chi connectivity index (χ4n) is 3.03. The summed E-state index contributed by atoms with van der Waals surface area (Å²) in [5.74, 6) is 0.415. The van der Waals surface area contributed by atoms with E-state index in [1.165, 1.54) is 12.1 Å². The summed E-state index contributed by atoms with van der Waals surface area (Å²) in [7, 11) is 0. The molecule has 7 nitrogen and oxygen atoms in total. The van der Waals surface area contributed by atoms with Gasteiger partial charge in [-0.1, -0.05) is 6.07 Å². The zero-order valence-electron chi connectivity index (χ0n) is 15.9. The summed E-state index contributed by atoms with van der Waals surface area (Å²) >= 11 is 0. The van der Waals surface area contributed by atoms with Gasteiger partial charge in [0.15, 0.2) is 0 Å². The number of carbonyl (C=O) groups excluding carboxylic acids is 1. The van der Waals surface area contributed by atoms with Crippen LogP contribution < -0.4 is 20.3 Å². The van der Waals surface area contributed by atoms with Crippen LogP contribution in [0.5, 0.6) is 5.75 Å². The number of rotatable bonds is 7. The lowest BCUT2D eigenvalue weighted by Crippen LogP contribution is -2.29. The Morgan fingerprint density at radius 1 is 1.17 bits per heavy atom. The number of halogens is 3. The maximum absolute atomic E-state index is 12.3. The number of ether oxygens (including phenoxy) is 1. The number of alkyl halides is 3. The molecule has 156 valence electrons. The van der Waals surface area contributed by atoms with Gasteiger partial charge in [-0.2, -0.15) is 4.98 Å². The van der Waals surface area contributed by atoms with E-state index in [1.54, 1.807) is 0 Å². The molecule has 1 amide bonds. The molecule has 0 unspecified atom stereocenters. The normalized spacial score (nSPS) is 14.0. The number of aromatic nitrogens is 2. The fourth-order valence-corrected chi connectivity index (χ4v) is 3.03. The van der Waals surface area contributed by atoms with E-state index in [2.05, 4.69) is 30.2 Å². The molecule has 2 aromatic rings. The van der Waals surface area contributed by atoms with Crippen molar-refractivity contribution in [3.05, 3.63) is 41.6 Å². The van der Waals surface area contributed by atoms with Gasteiger partial charge in [-0.15, -0.1) is 13.2 Å². The third-order valence-electron chi connectivity index (χ3n) is 4.29. The number of hydrogen-bond acceptors (Lipinski definition) is 6. The molecule has 0 aliphatic carbocycles. The smallest absolute Gasteiger partial charge is 0.406 e. The Bertz CT molecular complexity index is 854. The molecule has 1 aromatic heterocycles. The molecule has 0 atom stereocenters. The molecule has 1 aliphatic rings. The number of nitrogens with one attached hydrogen (secondary N) is 2. The molecule has 3 rings (SSSR count). The molecule has 0 bridgehead atoms. The molecule has 0 spiro atoms. The Balaban J connectivity index is 1.50. The predicted octanol–water partition coefficient (Wildman–Crippen LogP) is 3.13. The number of nitrogens with zero attached hydrogens (tertiary/aromatic N) is 3. The molecule has 2 heterocycles. The first-order valence-electron chi connectivity index (χ1n) is 9.29. The summed E-state index contributed by atoms with van der Waals surface area (Å²) < 4.78 is 40.7. The Kier molecular flexibility index (Phi) is 6.40. The molecule has 1 aromatic carbocycles. The summed E-state index contributed by atoms with van der Waals surface area (Å²) in [5, 5.41) is 5.70. The lowest BCUT2D eigenvalue weighted by atomic mass is 10.2. The predicted molar refractivity (Wildman–Crippen MR) is 102 cm³/mol. The van der Waals surface area contributed by atoms with E-state index in [0.717, 1.165) is 49.6 Å². The minimum atomic E-state index is -4.80. The zero-order chi connectivity index (χ0) is 20.9. The fraction of sp³-hybridized carbons (Fsp3) is 0.421. The van der Waals surface area contributed by atoms with Crippen LogP contribution in [0.2, 0.25) is 0 Å². The third-order valence-corrected chi connectivity index (χ3v) is 4.29. The Morgan fingerprint density at radius 2 is 1.93 bits per heavy atom. The zero-order valence-corrected chi connectivity index (χ0v) is 15.9. The minimum absolute atomic E-state index is 0.0786. The lowest BCUT2D eigenvalue weighted by Gasteiger charge is -2.17. The molecular formula is C19H22F3N5O2. The van der Waals surface area contributed by atoms with Crippen molar-refractivity contribution in [3.8, 4) is 5.75 Å². The van der Waals surface area contributed by atoms with Crippen LogP contribution in [-0.4, -0.2) is 48.4 Å². The van der Waals surface area contributed by atoms with E-state index >= 15 is 0 Å². The van der Waals surface area contributed by atoms with Gasteiger partial charge < -0.3 is 20.3 Å². The minimum Gasteiger partial charge on any atom is -0.406 e. The summed E-state index contributed by atoms with van der Waals surface area (Å²) in [4.78, 5) is 23.2. The van der Waals surface area contributed by atoms with E-state index in [4.69, 9.17) is 0 Å². The van der Waals surface area contributed by atoms with Crippen molar-refractivity contribution in [2.24, 2.45) is 0 Å². The Morgan fingerprint density at radius 3 is 2.66 bits per heavy atom. The molecule has 29 heavy (non-hydrogen) atoms. The van der Waals surface area contributed by atoms with Crippen LogP contribution in [0.4, 0.5) is 24.9 Å². The number of carbonyl (C=O) groups is 1. The molecular weight excluding hydrogens is 387 g/mol. The van der Waals surface area contributed by atoms with Gasteiger partial charge in [-0.05, 0) is 38.0 Å². The van der Waals surface area contributed by atoms with Crippen LogP contribution in [0.1, 0.15) is 28.9 Å².